The van der Waals surface area contributed by atoms with Crippen LogP contribution in [-0.4, -0.2) is 68.7 Å². The number of carbonyl (C=O) groups excluding carboxylic acids is 1. The first kappa shape index (κ1) is 21.2. The standard InChI is InChI=1S/C12H25N3O2.2ClH/c1-4-14(2)7-10-5-6-15(8-10)12(16)11(13)9-17-3;;/h10-11H,4-9,13H2,1-3H3;2*1H. The lowest BCUT2D eigenvalue weighted by atomic mass is 10.1. The van der Waals surface area contributed by atoms with Gasteiger partial charge >= 0.3 is 0 Å². The second-order valence-electron chi connectivity index (χ2n) is 4.86. The third-order valence-electron chi connectivity index (χ3n) is 3.37. The van der Waals surface area contributed by atoms with Gasteiger partial charge in [-0.3, -0.25) is 4.79 Å². The molecule has 2 unspecified atom stereocenters. The molecule has 19 heavy (non-hydrogen) atoms. The Morgan fingerprint density at radius 2 is 2.16 bits per heavy atom. The van der Waals surface area contributed by atoms with Crippen LogP contribution in [0.2, 0.25) is 0 Å². The third kappa shape index (κ3) is 6.77. The highest BCUT2D eigenvalue weighted by atomic mass is 35.5. The number of likely N-dealkylation sites (tertiary alicyclic amines) is 1. The van der Waals surface area contributed by atoms with E-state index in [1.807, 2.05) is 4.90 Å². The maximum absolute atomic E-state index is 11.9. The first-order valence-corrected chi connectivity index (χ1v) is 6.30. The number of amides is 1. The van der Waals surface area contributed by atoms with Crippen molar-refractivity contribution in [3.8, 4) is 0 Å². The minimum absolute atomic E-state index is 0. The Morgan fingerprint density at radius 3 is 2.68 bits per heavy atom. The molecule has 1 fully saturated rings. The first-order valence-electron chi connectivity index (χ1n) is 6.30. The van der Waals surface area contributed by atoms with Crippen molar-refractivity contribution >= 4 is 30.7 Å². The molecule has 0 aliphatic carbocycles. The minimum atomic E-state index is -0.511. The van der Waals surface area contributed by atoms with E-state index in [-0.39, 0.29) is 30.7 Å². The molecule has 0 aromatic rings. The van der Waals surface area contributed by atoms with Crippen LogP contribution in [0.1, 0.15) is 13.3 Å². The SMILES string of the molecule is CCN(C)CC1CCN(C(=O)C(N)COC)C1.Cl.Cl. The van der Waals surface area contributed by atoms with Crippen LogP contribution < -0.4 is 5.73 Å². The average molecular weight is 316 g/mol. The summed E-state index contributed by atoms with van der Waals surface area (Å²) in [6.45, 7) is 6.22. The lowest BCUT2D eigenvalue weighted by Crippen LogP contribution is -2.45. The van der Waals surface area contributed by atoms with Gasteiger partial charge in [-0.1, -0.05) is 6.92 Å². The number of nitrogens with two attached hydrogens (primary N) is 1. The lowest BCUT2D eigenvalue weighted by molar-refractivity contribution is -0.132. The number of halogens is 2. The number of carbonyl (C=O) groups is 1. The molecule has 5 nitrogen and oxygen atoms in total. The molecule has 2 N–H and O–H groups in total. The Morgan fingerprint density at radius 1 is 1.53 bits per heavy atom. The Hall–Kier alpha value is -0.0700. The number of nitrogens with zero attached hydrogens (tertiary/aromatic N) is 2. The van der Waals surface area contributed by atoms with Crippen LogP contribution in [-0.2, 0) is 9.53 Å². The van der Waals surface area contributed by atoms with E-state index >= 15 is 0 Å². The zero-order valence-electron chi connectivity index (χ0n) is 12.0. The summed E-state index contributed by atoms with van der Waals surface area (Å²) in [7, 11) is 3.68. The minimum Gasteiger partial charge on any atom is -0.383 e. The molecular weight excluding hydrogens is 289 g/mol. The molecule has 0 saturated carbocycles. The number of rotatable bonds is 6. The van der Waals surface area contributed by atoms with E-state index in [0.717, 1.165) is 32.6 Å². The van der Waals surface area contributed by atoms with Gasteiger partial charge in [0.1, 0.15) is 6.04 Å². The molecule has 116 valence electrons. The molecule has 1 aliphatic heterocycles. The van der Waals surface area contributed by atoms with E-state index < -0.39 is 6.04 Å². The normalized spacial score (nSPS) is 19.8. The van der Waals surface area contributed by atoms with E-state index in [4.69, 9.17) is 10.5 Å². The predicted molar refractivity (Wildman–Crippen MR) is 82.2 cm³/mol. The Balaban J connectivity index is 0. The average Bonchev–Trinajstić information content (AvgIpc) is 2.76. The van der Waals surface area contributed by atoms with Gasteiger partial charge in [0, 0.05) is 26.7 Å². The third-order valence-corrected chi connectivity index (χ3v) is 3.37. The molecule has 1 heterocycles. The molecule has 1 amide bonds. The van der Waals surface area contributed by atoms with Gasteiger partial charge < -0.3 is 20.3 Å². The van der Waals surface area contributed by atoms with Crippen LogP contribution in [0.5, 0.6) is 0 Å². The van der Waals surface area contributed by atoms with Crippen molar-refractivity contribution in [1.29, 1.82) is 0 Å². The van der Waals surface area contributed by atoms with Gasteiger partial charge in [0.15, 0.2) is 0 Å². The van der Waals surface area contributed by atoms with Gasteiger partial charge in [0.05, 0.1) is 6.61 Å². The number of hydrogen-bond acceptors (Lipinski definition) is 4. The Labute approximate surface area is 128 Å². The molecule has 1 rings (SSSR count). The van der Waals surface area contributed by atoms with Crippen molar-refractivity contribution in [3.05, 3.63) is 0 Å². The van der Waals surface area contributed by atoms with Crippen molar-refractivity contribution < 1.29 is 9.53 Å². The summed E-state index contributed by atoms with van der Waals surface area (Å²) in [5.41, 5.74) is 5.75. The molecule has 0 aromatic heterocycles. The summed E-state index contributed by atoms with van der Waals surface area (Å²) in [5, 5.41) is 0. The van der Waals surface area contributed by atoms with Crippen molar-refractivity contribution in [2.75, 3.05) is 46.9 Å². The highest BCUT2D eigenvalue weighted by molar-refractivity contribution is 5.85. The van der Waals surface area contributed by atoms with Crippen LogP contribution >= 0.6 is 24.8 Å². The van der Waals surface area contributed by atoms with Gasteiger partial charge in [0.25, 0.3) is 0 Å². The van der Waals surface area contributed by atoms with Crippen molar-refractivity contribution in [3.63, 3.8) is 0 Å². The molecule has 1 saturated heterocycles. The first-order chi connectivity index (χ1) is 8.08. The zero-order chi connectivity index (χ0) is 12.8. The summed E-state index contributed by atoms with van der Waals surface area (Å²) < 4.78 is 4.91. The van der Waals surface area contributed by atoms with Crippen LogP contribution in [0.25, 0.3) is 0 Å². The summed E-state index contributed by atoms with van der Waals surface area (Å²) >= 11 is 0. The molecular formula is C12H27Cl2N3O2. The fourth-order valence-electron chi connectivity index (χ4n) is 2.24. The van der Waals surface area contributed by atoms with Crippen molar-refractivity contribution in [1.82, 2.24) is 9.80 Å². The molecule has 1 aliphatic rings. The predicted octanol–water partition coefficient (Wildman–Crippen LogP) is 0.604. The fraction of sp³-hybridized carbons (Fsp3) is 0.917. The summed E-state index contributed by atoms with van der Waals surface area (Å²) in [6.07, 6.45) is 1.08. The molecule has 7 heteroatoms. The van der Waals surface area contributed by atoms with Crippen molar-refractivity contribution in [2.45, 2.75) is 19.4 Å². The van der Waals surface area contributed by atoms with E-state index in [9.17, 15) is 4.79 Å². The largest absolute Gasteiger partial charge is 0.383 e. The summed E-state index contributed by atoms with van der Waals surface area (Å²) in [6, 6.07) is -0.511. The van der Waals surface area contributed by atoms with E-state index in [0.29, 0.717) is 12.5 Å². The molecule has 0 radical (unpaired) electrons. The highest BCUT2D eigenvalue weighted by Gasteiger charge is 2.29. The van der Waals surface area contributed by atoms with Gasteiger partial charge in [-0.05, 0) is 25.9 Å². The van der Waals surface area contributed by atoms with Gasteiger partial charge in [0.2, 0.25) is 5.91 Å². The second-order valence-corrected chi connectivity index (χ2v) is 4.86. The molecule has 0 bridgehead atoms. The summed E-state index contributed by atoms with van der Waals surface area (Å²) in [4.78, 5) is 16.1. The Kier molecular flexibility index (Phi) is 11.9. The van der Waals surface area contributed by atoms with Gasteiger partial charge in [-0.25, -0.2) is 0 Å². The second kappa shape index (κ2) is 10.7. The highest BCUT2D eigenvalue weighted by Crippen LogP contribution is 2.17. The number of methoxy groups -OCH3 is 1. The molecule has 2 atom stereocenters. The molecule has 0 aromatic carbocycles. The van der Waals surface area contributed by atoms with Gasteiger partial charge in [-0.15, -0.1) is 24.8 Å². The maximum Gasteiger partial charge on any atom is 0.241 e. The molecule has 0 spiro atoms. The van der Waals surface area contributed by atoms with E-state index in [1.54, 1.807) is 7.11 Å². The van der Waals surface area contributed by atoms with Crippen LogP contribution in [0.3, 0.4) is 0 Å². The van der Waals surface area contributed by atoms with E-state index in [1.165, 1.54) is 0 Å². The maximum atomic E-state index is 11.9. The van der Waals surface area contributed by atoms with Crippen LogP contribution in [0.4, 0.5) is 0 Å². The number of hydrogen-bond donors (Lipinski definition) is 1. The fourth-order valence-corrected chi connectivity index (χ4v) is 2.24. The Bertz CT molecular complexity index is 257. The van der Waals surface area contributed by atoms with Crippen LogP contribution in [0.15, 0.2) is 0 Å². The van der Waals surface area contributed by atoms with E-state index in [2.05, 4.69) is 18.9 Å². The smallest absolute Gasteiger partial charge is 0.241 e. The van der Waals surface area contributed by atoms with Crippen molar-refractivity contribution in [2.24, 2.45) is 11.7 Å². The monoisotopic (exact) mass is 315 g/mol. The lowest BCUT2D eigenvalue weighted by Gasteiger charge is -2.22. The van der Waals surface area contributed by atoms with Crippen LogP contribution in [0, 0.1) is 5.92 Å². The quantitative estimate of drug-likeness (QED) is 0.780. The van der Waals surface area contributed by atoms with Gasteiger partial charge in [-0.2, -0.15) is 0 Å². The summed E-state index contributed by atoms with van der Waals surface area (Å²) in [5.74, 6) is 0.604. The zero-order valence-corrected chi connectivity index (χ0v) is 13.6. The topological polar surface area (TPSA) is 58.8 Å². The number of ether oxygens (including phenoxy) is 1.